The van der Waals surface area contributed by atoms with Crippen molar-refractivity contribution in [1.29, 1.82) is 0 Å². The van der Waals surface area contributed by atoms with E-state index in [0.717, 1.165) is 29.0 Å². The van der Waals surface area contributed by atoms with Gasteiger partial charge in [-0.3, -0.25) is 4.79 Å². The lowest BCUT2D eigenvalue weighted by Crippen LogP contribution is -2.35. The molecule has 1 heterocycles. The normalized spacial score (nSPS) is 16.2. The maximum absolute atomic E-state index is 12.3. The van der Waals surface area contributed by atoms with Crippen LogP contribution in [0.25, 0.3) is 0 Å². The topological polar surface area (TPSA) is 50.7 Å². The molecule has 0 saturated carbocycles. The van der Waals surface area contributed by atoms with Gasteiger partial charge >= 0.3 is 0 Å². The summed E-state index contributed by atoms with van der Waals surface area (Å²) in [6.45, 7) is 0.676. The summed E-state index contributed by atoms with van der Waals surface area (Å²) in [6, 6.07) is 20.5. The van der Waals surface area contributed by atoms with Crippen LogP contribution in [0, 0.1) is 0 Å². The number of hydrogen-bond acceptors (Lipinski definition) is 4. The van der Waals surface area contributed by atoms with Crippen LogP contribution < -0.4 is 5.32 Å². The maximum Gasteiger partial charge on any atom is 0.264 e. The first-order valence-corrected chi connectivity index (χ1v) is 10.3. The standard InChI is InChI=1S/C21H24N2O2S/c1-26-14-8-13-22-21(24)19-15-18(23-25-19)20(16-9-4-2-5-10-16)17-11-6-3-7-12-17/h2-7,9-12,19-20H,8,13-15H2,1H3,(H,22,24)/t19-/m1/s1. The van der Waals surface area contributed by atoms with E-state index < -0.39 is 6.10 Å². The minimum atomic E-state index is -0.533. The van der Waals surface area contributed by atoms with Gasteiger partial charge in [-0.05, 0) is 29.6 Å². The van der Waals surface area contributed by atoms with E-state index in [9.17, 15) is 4.79 Å². The molecule has 1 amide bonds. The molecule has 2 aromatic rings. The van der Waals surface area contributed by atoms with Crippen molar-refractivity contribution in [3.8, 4) is 0 Å². The zero-order chi connectivity index (χ0) is 18.2. The number of carbonyl (C=O) groups excluding carboxylic acids is 1. The van der Waals surface area contributed by atoms with Gasteiger partial charge in [0.05, 0.1) is 11.6 Å². The Balaban J connectivity index is 1.70. The van der Waals surface area contributed by atoms with E-state index in [4.69, 9.17) is 4.84 Å². The summed E-state index contributed by atoms with van der Waals surface area (Å²) in [5.74, 6) is 0.967. The number of nitrogens with zero attached hydrogens (tertiary/aromatic N) is 1. The van der Waals surface area contributed by atoms with Gasteiger partial charge in [-0.1, -0.05) is 65.8 Å². The van der Waals surface area contributed by atoms with Gasteiger partial charge in [0.2, 0.25) is 6.10 Å². The highest BCUT2D eigenvalue weighted by atomic mass is 32.2. The molecule has 0 spiro atoms. The Bertz CT molecular complexity index is 695. The number of carbonyl (C=O) groups is 1. The van der Waals surface area contributed by atoms with Crippen LogP contribution in [0.2, 0.25) is 0 Å². The van der Waals surface area contributed by atoms with Gasteiger partial charge < -0.3 is 10.2 Å². The molecular weight excluding hydrogens is 344 g/mol. The molecule has 1 aliphatic heterocycles. The van der Waals surface area contributed by atoms with Crippen LogP contribution in [-0.4, -0.2) is 36.3 Å². The number of benzene rings is 2. The highest BCUT2D eigenvalue weighted by molar-refractivity contribution is 7.98. The van der Waals surface area contributed by atoms with E-state index in [2.05, 4.69) is 41.0 Å². The number of nitrogens with one attached hydrogen (secondary N) is 1. The van der Waals surface area contributed by atoms with E-state index >= 15 is 0 Å². The Morgan fingerprint density at radius 3 is 2.35 bits per heavy atom. The second kappa shape index (κ2) is 9.43. The number of thioether (sulfide) groups is 1. The molecule has 0 radical (unpaired) electrons. The Hall–Kier alpha value is -2.27. The summed E-state index contributed by atoms with van der Waals surface area (Å²) in [4.78, 5) is 17.8. The minimum absolute atomic E-state index is 0.00620. The van der Waals surface area contributed by atoms with Crippen LogP contribution in [0.1, 0.15) is 29.9 Å². The summed E-state index contributed by atoms with van der Waals surface area (Å²) in [7, 11) is 0. The van der Waals surface area contributed by atoms with Gasteiger partial charge in [0.15, 0.2) is 0 Å². The second-order valence-corrected chi connectivity index (χ2v) is 7.26. The number of rotatable bonds is 8. The smallest absolute Gasteiger partial charge is 0.264 e. The molecule has 1 N–H and O–H groups in total. The fourth-order valence-electron chi connectivity index (χ4n) is 3.12. The Morgan fingerprint density at radius 2 is 1.77 bits per heavy atom. The maximum atomic E-state index is 12.3. The molecule has 136 valence electrons. The van der Waals surface area contributed by atoms with Crippen molar-refractivity contribution in [3.63, 3.8) is 0 Å². The molecule has 0 aliphatic carbocycles. The van der Waals surface area contributed by atoms with E-state index in [0.29, 0.717) is 13.0 Å². The highest BCUT2D eigenvalue weighted by Crippen LogP contribution is 2.31. The molecule has 1 aliphatic rings. The average Bonchev–Trinajstić information content (AvgIpc) is 3.17. The molecule has 0 saturated heterocycles. The van der Waals surface area contributed by atoms with Gasteiger partial charge in [-0.15, -0.1) is 0 Å². The third-order valence-electron chi connectivity index (χ3n) is 4.41. The molecule has 1 atom stereocenters. The zero-order valence-corrected chi connectivity index (χ0v) is 15.7. The van der Waals surface area contributed by atoms with Gasteiger partial charge in [0.25, 0.3) is 5.91 Å². The van der Waals surface area contributed by atoms with E-state index in [-0.39, 0.29) is 11.8 Å². The third kappa shape index (κ3) is 4.67. The largest absolute Gasteiger partial charge is 0.382 e. The Kier molecular flexibility index (Phi) is 6.72. The third-order valence-corrected chi connectivity index (χ3v) is 5.10. The van der Waals surface area contributed by atoms with Crippen molar-refractivity contribution in [2.75, 3.05) is 18.6 Å². The van der Waals surface area contributed by atoms with Crippen LogP contribution in [0.3, 0.4) is 0 Å². The molecule has 26 heavy (non-hydrogen) atoms. The lowest BCUT2D eigenvalue weighted by Gasteiger charge is -2.17. The van der Waals surface area contributed by atoms with E-state index in [1.807, 2.05) is 36.4 Å². The van der Waals surface area contributed by atoms with Gasteiger partial charge in [0, 0.05) is 13.0 Å². The molecule has 0 aromatic heterocycles. The minimum Gasteiger partial charge on any atom is -0.382 e. The van der Waals surface area contributed by atoms with Crippen LogP contribution in [0.5, 0.6) is 0 Å². The molecule has 5 heteroatoms. The van der Waals surface area contributed by atoms with Crippen molar-refractivity contribution in [1.82, 2.24) is 5.32 Å². The van der Waals surface area contributed by atoms with Crippen LogP contribution >= 0.6 is 11.8 Å². The van der Waals surface area contributed by atoms with Crippen LogP contribution in [0.4, 0.5) is 0 Å². The summed E-state index contributed by atoms with van der Waals surface area (Å²) in [5.41, 5.74) is 3.20. The predicted octanol–water partition coefficient (Wildman–Crippen LogP) is 3.83. The van der Waals surface area contributed by atoms with Crippen LogP contribution in [-0.2, 0) is 9.63 Å². The van der Waals surface area contributed by atoms with Crippen molar-refractivity contribution < 1.29 is 9.63 Å². The van der Waals surface area contributed by atoms with Crippen molar-refractivity contribution in [2.45, 2.75) is 24.9 Å². The molecule has 4 nitrogen and oxygen atoms in total. The van der Waals surface area contributed by atoms with Crippen LogP contribution in [0.15, 0.2) is 65.8 Å². The fraction of sp³-hybridized carbons (Fsp3) is 0.333. The van der Waals surface area contributed by atoms with Crippen molar-refractivity contribution in [3.05, 3.63) is 71.8 Å². The zero-order valence-electron chi connectivity index (χ0n) is 14.9. The molecular formula is C21H24N2O2S. The fourth-order valence-corrected chi connectivity index (χ4v) is 3.55. The van der Waals surface area contributed by atoms with Gasteiger partial charge in [0.1, 0.15) is 0 Å². The highest BCUT2D eigenvalue weighted by Gasteiger charge is 2.33. The molecule has 0 fully saturated rings. The predicted molar refractivity (Wildman–Crippen MR) is 108 cm³/mol. The Morgan fingerprint density at radius 1 is 1.15 bits per heavy atom. The molecule has 3 rings (SSSR count). The average molecular weight is 369 g/mol. The first-order chi connectivity index (χ1) is 12.8. The number of hydrogen-bond donors (Lipinski definition) is 1. The molecule has 2 aromatic carbocycles. The lowest BCUT2D eigenvalue weighted by molar-refractivity contribution is -0.131. The lowest BCUT2D eigenvalue weighted by atomic mass is 9.85. The van der Waals surface area contributed by atoms with Crippen molar-refractivity contribution in [2.24, 2.45) is 5.16 Å². The Labute approximate surface area is 159 Å². The van der Waals surface area contributed by atoms with Gasteiger partial charge in [-0.2, -0.15) is 11.8 Å². The summed E-state index contributed by atoms with van der Waals surface area (Å²) >= 11 is 1.78. The number of oxime groups is 1. The summed E-state index contributed by atoms with van der Waals surface area (Å²) < 4.78 is 0. The second-order valence-electron chi connectivity index (χ2n) is 6.27. The number of amides is 1. The first kappa shape index (κ1) is 18.5. The van der Waals surface area contributed by atoms with Gasteiger partial charge in [-0.25, -0.2) is 0 Å². The summed E-state index contributed by atoms with van der Waals surface area (Å²) in [5, 5.41) is 7.24. The SMILES string of the molecule is CSCCCNC(=O)[C@H]1CC(C(c2ccccc2)c2ccccc2)=NO1. The molecule has 0 bridgehead atoms. The quantitative estimate of drug-likeness (QED) is 0.721. The van der Waals surface area contributed by atoms with E-state index in [1.165, 1.54) is 0 Å². The van der Waals surface area contributed by atoms with E-state index in [1.54, 1.807) is 11.8 Å². The monoisotopic (exact) mass is 368 g/mol. The summed E-state index contributed by atoms with van der Waals surface area (Å²) in [6.07, 6.45) is 3.01. The first-order valence-electron chi connectivity index (χ1n) is 8.88. The molecule has 0 unspecified atom stereocenters. The van der Waals surface area contributed by atoms with Crippen molar-refractivity contribution >= 4 is 23.4 Å².